The number of hydrogen-bond acceptors (Lipinski definition) is 7. The summed E-state index contributed by atoms with van der Waals surface area (Å²) in [4.78, 5) is 43.1. The number of rotatable bonds is 5. The second kappa shape index (κ2) is 10.3. The van der Waals surface area contributed by atoms with E-state index in [2.05, 4.69) is 18.3 Å². The summed E-state index contributed by atoms with van der Waals surface area (Å²) in [6.45, 7) is 8.63. The van der Waals surface area contributed by atoms with E-state index in [1.165, 1.54) is 11.4 Å². The normalized spacial score (nSPS) is 16.6. The topological polar surface area (TPSA) is 120 Å². The van der Waals surface area contributed by atoms with Gasteiger partial charge in [0.25, 0.3) is 11.6 Å². The standard InChI is InChI=1S/C25H31N5O5S/c1-5-16-9-10-19-20(12-16)29(17-8-6-7-11-28(14-17)24(32)35-25(2,3)4)23(26-19)27-22(31)21-13-18(15-36-21)30(33)34/h9-10,12-13,15,17H,5-8,11,14H2,1-4H3,(H,26,27,31)/t17-/m1/s1. The number of thiophene rings is 1. The number of imidazole rings is 1. The number of amides is 2. The zero-order valence-corrected chi connectivity index (χ0v) is 21.8. The van der Waals surface area contributed by atoms with Crippen molar-refractivity contribution in [3.63, 3.8) is 0 Å². The van der Waals surface area contributed by atoms with Crippen LogP contribution in [-0.2, 0) is 11.2 Å². The first-order valence-corrected chi connectivity index (χ1v) is 13.0. The van der Waals surface area contributed by atoms with Crippen LogP contribution in [0.15, 0.2) is 29.6 Å². The highest BCUT2D eigenvalue weighted by Gasteiger charge is 2.30. The zero-order chi connectivity index (χ0) is 26.0. The van der Waals surface area contributed by atoms with Crippen LogP contribution in [-0.4, -0.2) is 50.1 Å². The van der Waals surface area contributed by atoms with Gasteiger partial charge >= 0.3 is 6.09 Å². The number of benzene rings is 1. The molecule has 3 aromatic rings. The molecule has 10 nitrogen and oxygen atoms in total. The Morgan fingerprint density at radius 3 is 2.72 bits per heavy atom. The van der Waals surface area contributed by atoms with E-state index in [9.17, 15) is 19.7 Å². The maximum Gasteiger partial charge on any atom is 0.410 e. The van der Waals surface area contributed by atoms with Gasteiger partial charge in [-0.3, -0.25) is 20.2 Å². The van der Waals surface area contributed by atoms with Crippen molar-refractivity contribution in [3.8, 4) is 0 Å². The van der Waals surface area contributed by atoms with Gasteiger partial charge in [0.2, 0.25) is 5.95 Å². The van der Waals surface area contributed by atoms with Gasteiger partial charge in [-0.2, -0.15) is 0 Å². The summed E-state index contributed by atoms with van der Waals surface area (Å²) >= 11 is 1.01. The fourth-order valence-corrected chi connectivity index (χ4v) is 5.09. The van der Waals surface area contributed by atoms with Crippen LogP contribution in [0.4, 0.5) is 16.4 Å². The van der Waals surface area contributed by atoms with Crippen LogP contribution in [0.2, 0.25) is 0 Å². The fourth-order valence-electron chi connectivity index (χ4n) is 4.34. The minimum atomic E-state index is -0.598. The van der Waals surface area contributed by atoms with Crippen LogP contribution in [0, 0.1) is 10.1 Å². The van der Waals surface area contributed by atoms with E-state index < -0.39 is 16.4 Å². The molecule has 1 aliphatic heterocycles. The Kier molecular flexibility index (Phi) is 7.30. The summed E-state index contributed by atoms with van der Waals surface area (Å²) in [5.74, 6) is -0.103. The number of nitro groups is 1. The second-order valence-electron chi connectivity index (χ2n) is 9.94. The monoisotopic (exact) mass is 513 g/mol. The smallest absolute Gasteiger partial charge is 0.410 e. The molecule has 4 rings (SSSR count). The molecule has 3 heterocycles. The van der Waals surface area contributed by atoms with E-state index in [0.717, 1.165) is 53.6 Å². The summed E-state index contributed by atoms with van der Waals surface area (Å²) in [5, 5.41) is 15.3. The number of carbonyl (C=O) groups excluding carboxylic acids is 2. The van der Waals surface area contributed by atoms with E-state index in [-0.39, 0.29) is 22.7 Å². The van der Waals surface area contributed by atoms with Gasteiger partial charge < -0.3 is 14.2 Å². The molecule has 1 atom stereocenters. The predicted octanol–water partition coefficient (Wildman–Crippen LogP) is 5.78. The first kappa shape index (κ1) is 25.6. The number of likely N-dealkylation sites (tertiary alicyclic amines) is 1. The number of aryl methyl sites for hydroxylation is 1. The molecule has 1 saturated heterocycles. The molecule has 0 unspecified atom stereocenters. The van der Waals surface area contributed by atoms with Crippen LogP contribution >= 0.6 is 11.3 Å². The van der Waals surface area contributed by atoms with Gasteiger partial charge in [-0.15, -0.1) is 11.3 Å². The summed E-state index contributed by atoms with van der Waals surface area (Å²) in [6, 6.07) is 7.13. The third-order valence-corrected chi connectivity index (χ3v) is 6.99. The number of nitrogens with one attached hydrogen (secondary N) is 1. The molecule has 36 heavy (non-hydrogen) atoms. The van der Waals surface area contributed by atoms with Crippen molar-refractivity contribution in [2.24, 2.45) is 0 Å². The SMILES string of the molecule is CCc1ccc2nc(NC(=O)c3cc([N+](=O)[O-])cs3)n([C@@H]3CCCCN(C(=O)OC(C)(C)C)C3)c2c1. The van der Waals surface area contributed by atoms with E-state index in [1.54, 1.807) is 4.90 Å². The number of hydrogen-bond donors (Lipinski definition) is 1. The number of aromatic nitrogens is 2. The molecule has 1 aliphatic rings. The molecule has 0 radical (unpaired) electrons. The average Bonchev–Trinajstić information content (AvgIpc) is 3.36. The Bertz CT molecular complexity index is 1290. The van der Waals surface area contributed by atoms with Crippen LogP contribution < -0.4 is 5.32 Å². The molecule has 0 spiro atoms. The number of ether oxygens (including phenoxy) is 1. The lowest BCUT2D eigenvalue weighted by Gasteiger charge is -2.29. The van der Waals surface area contributed by atoms with Crippen LogP contribution in [0.5, 0.6) is 0 Å². The van der Waals surface area contributed by atoms with E-state index in [4.69, 9.17) is 9.72 Å². The van der Waals surface area contributed by atoms with Gasteiger partial charge in [0, 0.05) is 19.2 Å². The summed E-state index contributed by atoms with van der Waals surface area (Å²) in [7, 11) is 0. The molecule has 1 aromatic carbocycles. The van der Waals surface area contributed by atoms with Gasteiger partial charge in [0.05, 0.1) is 32.3 Å². The highest BCUT2D eigenvalue weighted by molar-refractivity contribution is 7.12. The van der Waals surface area contributed by atoms with Crippen molar-refractivity contribution in [1.29, 1.82) is 0 Å². The molecule has 1 fully saturated rings. The van der Waals surface area contributed by atoms with Crippen molar-refractivity contribution in [2.75, 3.05) is 18.4 Å². The number of fused-ring (bicyclic) bond motifs is 1. The largest absolute Gasteiger partial charge is 0.444 e. The van der Waals surface area contributed by atoms with Crippen LogP contribution in [0.1, 0.15) is 68.2 Å². The Hall–Kier alpha value is -3.47. The summed E-state index contributed by atoms with van der Waals surface area (Å²) in [5.41, 5.74) is 2.01. The van der Waals surface area contributed by atoms with Gasteiger partial charge in [-0.1, -0.05) is 13.0 Å². The maximum absolute atomic E-state index is 13.0. The molecule has 2 aromatic heterocycles. The van der Waals surface area contributed by atoms with Gasteiger partial charge in [-0.25, -0.2) is 9.78 Å². The minimum absolute atomic E-state index is 0.122. The van der Waals surface area contributed by atoms with Crippen molar-refractivity contribution in [2.45, 2.75) is 65.0 Å². The Morgan fingerprint density at radius 2 is 2.06 bits per heavy atom. The molecule has 1 N–H and O–H groups in total. The Labute approximate surface area is 213 Å². The third-order valence-electron chi connectivity index (χ3n) is 6.07. The van der Waals surface area contributed by atoms with E-state index in [1.807, 2.05) is 37.5 Å². The number of nitrogens with zero attached hydrogens (tertiary/aromatic N) is 4. The number of carbonyl (C=O) groups is 2. The number of anilines is 1. The van der Waals surface area contributed by atoms with Gasteiger partial charge in [-0.05, 0) is 64.2 Å². The zero-order valence-electron chi connectivity index (χ0n) is 20.9. The van der Waals surface area contributed by atoms with E-state index >= 15 is 0 Å². The lowest BCUT2D eigenvalue weighted by Crippen LogP contribution is -2.39. The molecule has 0 bridgehead atoms. The average molecular weight is 514 g/mol. The first-order chi connectivity index (χ1) is 17.1. The van der Waals surface area contributed by atoms with Crippen LogP contribution in [0.25, 0.3) is 11.0 Å². The predicted molar refractivity (Wildman–Crippen MR) is 139 cm³/mol. The van der Waals surface area contributed by atoms with Gasteiger partial charge in [0.1, 0.15) is 5.60 Å². The third kappa shape index (κ3) is 5.67. The molecular formula is C25H31N5O5S. The first-order valence-electron chi connectivity index (χ1n) is 12.1. The van der Waals surface area contributed by atoms with E-state index in [0.29, 0.717) is 19.0 Å². The molecule has 11 heteroatoms. The van der Waals surface area contributed by atoms with Crippen molar-refractivity contribution < 1.29 is 19.2 Å². The second-order valence-corrected chi connectivity index (χ2v) is 10.8. The lowest BCUT2D eigenvalue weighted by atomic mass is 10.1. The quantitative estimate of drug-likeness (QED) is 0.341. The molecule has 192 valence electrons. The highest BCUT2D eigenvalue weighted by Crippen LogP contribution is 2.32. The minimum Gasteiger partial charge on any atom is -0.444 e. The molecule has 0 saturated carbocycles. The maximum atomic E-state index is 13.0. The molecule has 2 amide bonds. The van der Waals surface area contributed by atoms with Crippen molar-refractivity contribution in [3.05, 3.63) is 50.2 Å². The molecule has 0 aliphatic carbocycles. The Morgan fingerprint density at radius 1 is 1.28 bits per heavy atom. The fraction of sp³-hybridized carbons (Fsp3) is 0.480. The lowest BCUT2D eigenvalue weighted by molar-refractivity contribution is -0.384. The molecular weight excluding hydrogens is 482 g/mol. The van der Waals surface area contributed by atoms with Crippen molar-refractivity contribution in [1.82, 2.24) is 14.5 Å². The highest BCUT2D eigenvalue weighted by atomic mass is 32.1. The van der Waals surface area contributed by atoms with Crippen LogP contribution in [0.3, 0.4) is 0 Å². The summed E-state index contributed by atoms with van der Waals surface area (Å²) < 4.78 is 7.63. The van der Waals surface area contributed by atoms with Crippen molar-refractivity contribution >= 4 is 46.0 Å². The summed E-state index contributed by atoms with van der Waals surface area (Å²) in [6.07, 6.45) is 3.04. The Balaban J connectivity index is 1.71. The van der Waals surface area contributed by atoms with Gasteiger partial charge in [0.15, 0.2) is 0 Å².